The van der Waals surface area contributed by atoms with Crippen molar-refractivity contribution in [3.8, 4) is 22.6 Å². The smallest absolute Gasteiger partial charge is 0.162 e. The van der Waals surface area contributed by atoms with Crippen LogP contribution in [0.5, 0.6) is 0 Å². The van der Waals surface area contributed by atoms with Crippen LogP contribution in [0, 0.1) is 0 Å². The Morgan fingerprint density at radius 2 is 1.44 bits per heavy atom. The van der Waals surface area contributed by atoms with Crippen molar-refractivity contribution in [1.29, 1.82) is 0 Å². The van der Waals surface area contributed by atoms with Gasteiger partial charge in [0, 0.05) is 60.1 Å². The number of nitrogens with one attached hydrogen (secondary N) is 1. The van der Waals surface area contributed by atoms with E-state index in [1.165, 1.54) is 0 Å². The molecule has 0 saturated carbocycles. The highest BCUT2D eigenvalue weighted by molar-refractivity contribution is 5.69. The molecule has 4 aromatic heterocycles. The van der Waals surface area contributed by atoms with Gasteiger partial charge in [0.1, 0.15) is 5.82 Å². The lowest BCUT2D eigenvalue weighted by Gasteiger charge is -2.10. The zero-order chi connectivity index (χ0) is 16.9. The maximum absolute atomic E-state index is 4.68. The third kappa shape index (κ3) is 3.48. The molecule has 0 fully saturated rings. The Morgan fingerprint density at radius 3 is 2.16 bits per heavy atom. The molecule has 0 aliphatic rings. The monoisotopic (exact) mass is 326 g/mol. The minimum atomic E-state index is 0.625. The van der Waals surface area contributed by atoms with Crippen molar-refractivity contribution in [2.24, 2.45) is 0 Å². The minimum absolute atomic E-state index is 0.625. The highest BCUT2D eigenvalue weighted by atomic mass is 15.0. The third-order valence-corrected chi connectivity index (χ3v) is 3.57. The number of nitrogens with zero attached hydrogens (tertiary/aromatic N) is 5. The van der Waals surface area contributed by atoms with E-state index in [0.717, 1.165) is 22.5 Å². The van der Waals surface area contributed by atoms with Crippen LogP contribution in [-0.2, 0) is 0 Å². The summed E-state index contributed by atoms with van der Waals surface area (Å²) in [6, 6.07) is 13.3. The predicted octanol–water partition coefficient (Wildman–Crippen LogP) is 3.74. The van der Waals surface area contributed by atoms with Crippen molar-refractivity contribution in [2.45, 2.75) is 0 Å². The molecule has 0 amide bonds. The van der Waals surface area contributed by atoms with Gasteiger partial charge in [-0.2, -0.15) is 0 Å². The second-order valence-corrected chi connectivity index (χ2v) is 5.30. The van der Waals surface area contributed by atoms with Crippen molar-refractivity contribution in [1.82, 2.24) is 24.9 Å². The Bertz CT molecular complexity index is 901. The molecular formula is C19H14N6. The molecule has 0 spiro atoms. The molecule has 120 valence electrons. The van der Waals surface area contributed by atoms with Crippen molar-refractivity contribution in [2.75, 3.05) is 5.32 Å². The molecule has 4 heterocycles. The van der Waals surface area contributed by atoms with Crippen LogP contribution < -0.4 is 5.32 Å². The molecule has 6 nitrogen and oxygen atoms in total. The first-order valence-corrected chi connectivity index (χ1v) is 7.75. The second kappa shape index (κ2) is 6.84. The van der Waals surface area contributed by atoms with Crippen LogP contribution in [0.2, 0.25) is 0 Å². The standard InChI is InChI=1S/C19H14N6/c1-2-15(13-22-7-1)17-12-18(23-16-5-10-21-11-6-16)25-19(24-17)14-3-8-20-9-4-14/h1-13H,(H,21,23,24,25). The molecule has 0 unspecified atom stereocenters. The van der Waals surface area contributed by atoms with Crippen molar-refractivity contribution < 1.29 is 0 Å². The Kier molecular flexibility index (Phi) is 4.07. The van der Waals surface area contributed by atoms with E-state index in [2.05, 4.69) is 30.2 Å². The highest BCUT2D eigenvalue weighted by Gasteiger charge is 2.09. The van der Waals surface area contributed by atoms with Gasteiger partial charge in [0.2, 0.25) is 0 Å². The molecule has 0 aromatic carbocycles. The van der Waals surface area contributed by atoms with Crippen molar-refractivity contribution in [3.05, 3.63) is 79.6 Å². The fourth-order valence-electron chi connectivity index (χ4n) is 2.39. The van der Waals surface area contributed by atoms with Gasteiger partial charge < -0.3 is 5.32 Å². The molecule has 25 heavy (non-hydrogen) atoms. The molecule has 4 aromatic rings. The average molecular weight is 326 g/mol. The maximum Gasteiger partial charge on any atom is 0.162 e. The van der Waals surface area contributed by atoms with E-state index >= 15 is 0 Å². The van der Waals surface area contributed by atoms with Gasteiger partial charge in [-0.25, -0.2) is 9.97 Å². The zero-order valence-corrected chi connectivity index (χ0v) is 13.2. The van der Waals surface area contributed by atoms with Crippen LogP contribution in [-0.4, -0.2) is 24.9 Å². The zero-order valence-electron chi connectivity index (χ0n) is 13.2. The predicted molar refractivity (Wildman–Crippen MR) is 96.0 cm³/mol. The van der Waals surface area contributed by atoms with Gasteiger partial charge in [0.15, 0.2) is 5.82 Å². The highest BCUT2D eigenvalue weighted by Crippen LogP contribution is 2.25. The first kappa shape index (κ1) is 14.9. The van der Waals surface area contributed by atoms with Gasteiger partial charge in [-0.15, -0.1) is 0 Å². The number of aromatic nitrogens is 5. The summed E-state index contributed by atoms with van der Waals surface area (Å²) in [6.07, 6.45) is 10.4. The topological polar surface area (TPSA) is 76.5 Å². The summed E-state index contributed by atoms with van der Waals surface area (Å²) in [6.45, 7) is 0. The number of anilines is 2. The van der Waals surface area contributed by atoms with E-state index in [9.17, 15) is 0 Å². The minimum Gasteiger partial charge on any atom is -0.340 e. The molecule has 1 N–H and O–H groups in total. The van der Waals surface area contributed by atoms with Crippen LogP contribution in [0.4, 0.5) is 11.5 Å². The Hall–Kier alpha value is -3.67. The first-order valence-electron chi connectivity index (χ1n) is 7.75. The summed E-state index contributed by atoms with van der Waals surface area (Å²) < 4.78 is 0. The molecule has 0 saturated heterocycles. The maximum atomic E-state index is 4.68. The quantitative estimate of drug-likeness (QED) is 0.615. The summed E-state index contributed by atoms with van der Waals surface area (Å²) in [5.74, 6) is 1.33. The van der Waals surface area contributed by atoms with Gasteiger partial charge >= 0.3 is 0 Å². The van der Waals surface area contributed by atoms with Crippen LogP contribution in [0.3, 0.4) is 0 Å². The summed E-state index contributed by atoms with van der Waals surface area (Å²) in [7, 11) is 0. The fraction of sp³-hybridized carbons (Fsp3) is 0. The molecule has 0 aliphatic heterocycles. The van der Waals surface area contributed by atoms with Crippen LogP contribution >= 0.6 is 0 Å². The SMILES string of the molecule is c1cncc(-c2cc(Nc3ccncc3)nc(-c3ccncc3)n2)c1. The summed E-state index contributed by atoms with van der Waals surface area (Å²) in [4.78, 5) is 21.6. The van der Waals surface area contributed by atoms with Gasteiger partial charge in [0.05, 0.1) is 5.69 Å². The van der Waals surface area contributed by atoms with Gasteiger partial charge in [0.25, 0.3) is 0 Å². The fourth-order valence-corrected chi connectivity index (χ4v) is 2.39. The van der Waals surface area contributed by atoms with Crippen molar-refractivity contribution >= 4 is 11.5 Å². The number of hydrogen-bond donors (Lipinski definition) is 1. The lowest BCUT2D eigenvalue weighted by Crippen LogP contribution is -1.99. The Morgan fingerprint density at radius 1 is 0.680 bits per heavy atom. The molecular weight excluding hydrogens is 312 g/mol. The van der Waals surface area contributed by atoms with E-state index in [1.807, 2.05) is 42.5 Å². The third-order valence-electron chi connectivity index (χ3n) is 3.57. The lowest BCUT2D eigenvalue weighted by atomic mass is 10.2. The average Bonchev–Trinajstić information content (AvgIpc) is 2.70. The van der Waals surface area contributed by atoms with Crippen molar-refractivity contribution in [3.63, 3.8) is 0 Å². The van der Waals surface area contributed by atoms with Crippen LogP contribution in [0.25, 0.3) is 22.6 Å². The van der Waals surface area contributed by atoms with E-state index in [0.29, 0.717) is 11.6 Å². The van der Waals surface area contributed by atoms with E-state index in [4.69, 9.17) is 0 Å². The van der Waals surface area contributed by atoms with Gasteiger partial charge in [-0.05, 0) is 36.4 Å². The largest absolute Gasteiger partial charge is 0.340 e. The molecule has 6 heteroatoms. The van der Waals surface area contributed by atoms with E-state index in [-0.39, 0.29) is 0 Å². The van der Waals surface area contributed by atoms with Crippen LogP contribution in [0.1, 0.15) is 0 Å². The summed E-state index contributed by atoms with van der Waals surface area (Å²) in [5.41, 5.74) is 3.54. The Labute approximate surface area is 144 Å². The summed E-state index contributed by atoms with van der Waals surface area (Å²) >= 11 is 0. The second-order valence-electron chi connectivity index (χ2n) is 5.30. The normalized spacial score (nSPS) is 10.4. The molecule has 0 aliphatic carbocycles. The first-order chi connectivity index (χ1) is 12.4. The van der Waals surface area contributed by atoms with E-state index in [1.54, 1.807) is 37.2 Å². The molecule has 0 bridgehead atoms. The van der Waals surface area contributed by atoms with Gasteiger partial charge in [-0.3, -0.25) is 15.0 Å². The summed E-state index contributed by atoms with van der Waals surface area (Å²) in [5, 5.41) is 3.30. The Balaban J connectivity index is 1.80. The molecule has 0 atom stereocenters. The number of pyridine rings is 3. The lowest BCUT2D eigenvalue weighted by molar-refractivity contribution is 1.16. The number of rotatable bonds is 4. The van der Waals surface area contributed by atoms with Gasteiger partial charge in [-0.1, -0.05) is 0 Å². The van der Waals surface area contributed by atoms with Crippen LogP contribution in [0.15, 0.2) is 79.6 Å². The molecule has 4 rings (SSSR count). The van der Waals surface area contributed by atoms with E-state index < -0.39 is 0 Å². The number of hydrogen-bond acceptors (Lipinski definition) is 6. The molecule has 0 radical (unpaired) electrons.